The summed E-state index contributed by atoms with van der Waals surface area (Å²) in [6.45, 7) is 4.63. The Morgan fingerprint density at radius 1 is 1.17 bits per heavy atom. The van der Waals surface area contributed by atoms with E-state index in [0.717, 1.165) is 12.0 Å². The summed E-state index contributed by atoms with van der Waals surface area (Å²) in [4.78, 5) is 16.4. The highest BCUT2D eigenvalue weighted by molar-refractivity contribution is 7.90. The van der Waals surface area contributed by atoms with Gasteiger partial charge in [0.25, 0.3) is 15.9 Å². The van der Waals surface area contributed by atoms with Gasteiger partial charge in [0, 0.05) is 18.7 Å². The van der Waals surface area contributed by atoms with E-state index in [1.54, 1.807) is 18.2 Å². The predicted molar refractivity (Wildman–Crippen MR) is 113 cm³/mol. The van der Waals surface area contributed by atoms with Crippen molar-refractivity contribution in [3.05, 3.63) is 54.1 Å². The molecule has 0 unspecified atom stereocenters. The zero-order valence-corrected chi connectivity index (χ0v) is 17.3. The number of nitrogens with zero attached hydrogens (tertiary/aromatic N) is 1. The third kappa shape index (κ3) is 5.80. The molecule has 7 nitrogen and oxygen atoms in total. The van der Waals surface area contributed by atoms with Crippen molar-refractivity contribution in [2.75, 3.05) is 18.5 Å². The number of benzene rings is 2. The maximum absolute atomic E-state index is 12.5. The number of hydrogen-bond donors (Lipinski definition) is 2. The first-order valence-corrected chi connectivity index (χ1v) is 11.0. The Morgan fingerprint density at radius 3 is 2.69 bits per heavy atom. The van der Waals surface area contributed by atoms with Gasteiger partial charge >= 0.3 is 0 Å². The molecule has 29 heavy (non-hydrogen) atoms. The van der Waals surface area contributed by atoms with E-state index < -0.39 is 10.0 Å². The molecular formula is C21H25N3O4S. The normalized spacial score (nSPS) is 13.8. The first kappa shape index (κ1) is 20.9. The molecule has 0 saturated carbocycles. The minimum atomic E-state index is -3.73. The molecule has 2 aromatic rings. The van der Waals surface area contributed by atoms with Crippen LogP contribution in [0.15, 0.2) is 58.4 Å². The molecule has 0 radical (unpaired) electrons. The largest absolute Gasteiger partial charge is 0.484 e. The van der Waals surface area contributed by atoms with Crippen LogP contribution < -0.4 is 14.8 Å². The smallest absolute Gasteiger partial charge is 0.262 e. The lowest BCUT2D eigenvalue weighted by atomic mass is 10.0. The number of carbonyl (C=O) groups is 1. The van der Waals surface area contributed by atoms with E-state index in [2.05, 4.69) is 28.9 Å². The number of nitrogens with one attached hydrogen (secondary N) is 2. The van der Waals surface area contributed by atoms with E-state index in [1.165, 1.54) is 12.1 Å². The van der Waals surface area contributed by atoms with Gasteiger partial charge < -0.3 is 10.1 Å². The average Bonchev–Trinajstić information content (AvgIpc) is 3.19. The quantitative estimate of drug-likeness (QED) is 0.725. The van der Waals surface area contributed by atoms with Gasteiger partial charge in [-0.1, -0.05) is 32.0 Å². The number of carbonyl (C=O) groups excluding carboxylic acids is 1. The zero-order chi connectivity index (χ0) is 20.9. The second-order valence-electron chi connectivity index (χ2n) is 7.13. The molecule has 1 amide bonds. The van der Waals surface area contributed by atoms with Crippen molar-refractivity contribution in [2.24, 2.45) is 4.99 Å². The predicted octanol–water partition coefficient (Wildman–Crippen LogP) is 3.30. The fourth-order valence-electron chi connectivity index (χ4n) is 2.89. The van der Waals surface area contributed by atoms with Crippen molar-refractivity contribution in [3.63, 3.8) is 0 Å². The molecule has 0 spiro atoms. The summed E-state index contributed by atoms with van der Waals surface area (Å²) < 4.78 is 33.0. The van der Waals surface area contributed by atoms with Crippen LogP contribution in [-0.4, -0.2) is 33.3 Å². The molecule has 1 heterocycles. The van der Waals surface area contributed by atoms with E-state index in [4.69, 9.17) is 4.74 Å². The lowest BCUT2D eigenvalue weighted by Gasteiger charge is -2.11. The van der Waals surface area contributed by atoms with E-state index in [1.807, 2.05) is 18.2 Å². The molecule has 1 aliphatic heterocycles. The molecule has 0 saturated heterocycles. The molecule has 2 aromatic carbocycles. The third-order valence-electron chi connectivity index (χ3n) is 4.45. The van der Waals surface area contributed by atoms with Crippen molar-refractivity contribution < 1.29 is 17.9 Å². The maximum Gasteiger partial charge on any atom is 0.262 e. The van der Waals surface area contributed by atoms with Gasteiger partial charge in [-0.2, -0.15) is 0 Å². The highest BCUT2D eigenvalue weighted by Crippen LogP contribution is 2.20. The lowest BCUT2D eigenvalue weighted by molar-refractivity contribution is -0.118. The van der Waals surface area contributed by atoms with Crippen LogP contribution >= 0.6 is 0 Å². The molecule has 3 rings (SSSR count). The Bertz CT molecular complexity index is 1020. The number of anilines is 1. The molecular weight excluding hydrogens is 390 g/mol. The summed E-state index contributed by atoms with van der Waals surface area (Å²) in [5.74, 6) is 1.07. The Hall–Kier alpha value is -2.87. The van der Waals surface area contributed by atoms with Crippen LogP contribution in [0.3, 0.4) is 0 Å². The number of rotatable bonds is 7. The Kier molecular flexibility index (Phi) is 6.53. The average molecular weight is 416 g/mol. The molecule has 0 aliphatic carbocycles. The summed E-state index contributed by atoms with van der Waals surface area (Å²) in [6.07, 6.45) is 1.46. The van der Waals surface area contributed by atoms with Crippen LogP contribution in [0.2, 0.25) is 0 Å². The van der Waals surface area contributed by atoms with E-state index in [0.29, 0.717) is 36.2 Å². The van der Waals surface area contributed by atoms with Crippen LogP contribution in [0, 0.1) is 0 Å². The van der Waals surface area contributed by atoms with Crippen molar-refractivity contribution in [2.45, 2.75) is 37.5 Å². The third-order valence-corrected chi connectivity index (χ3v) is 5.83. The molecule has 0 fully saturated rings. The molecule has 1 aliphatic rings. The molecule has 8 heteroatoms. The van der Waals surface area contributed by atoms with Crippen LogP contribution in [0.5, 0.6) is 5.75 Å². The first-order valence-electron chi connectivity index (χ1n) is 9.52. The minimum Gasteiger partial charge on any atom is -0.484 e. The van der Waals surface area contributed by atoms with Crippen molar-refractivity contribution in [1.82, 2.24) is 4.72 Å². The van der Waals surface area contributed by atoms with Crippen molar-refractivity contribution in [3.8, 4) is 5.75 Å². The number of aliphatic imine (C=N–C) groups is 1. The number of ether oxygens (including phenoxy) is 1. The van der Waals surface area contributed by atoms with Gasteiger partial charge in [0.15, 0.2) is 6.61 Å². The Morgan fingerprint density at radius 2 is 1.97 bits per heavy atom. The lowest BCUT2D eigenvalue weighted by Crippen LogP contribution is -2.29. The molecule has 154 valence electrons. The topological polar surface area (TPSA) is 96.9 Å². The molecule has 0 bridgehead atoms. The Labute approximate surface area is 171 Å². The minimum absolute atomic E-state index is 0.0652. The first-order chi connectivity index (χ1) is 13.8. The second-order valence-corrected chi connectivity index (χ2v) is 8.81. The standard InChI is InChI=1S/C21H25N3O4S/c1-15(2)16-6-3-8-18(12-16)28-14-21(25)23-17-7-4-9-19(13-17)29(26,27)24-20-10-5-11-22-20/h3-4,6-9,12-13,15H,5,10-11,14H2,1-2H3,(H,22,24)(H,23,25). The van der Waals surface area contributed by atoms with Crippen molar-refractivity contribution >= 4 is 27.5 Å². The van der Waals surface area contributed by atoms with E-state index >= 15 is 0 Å². The number of amidine groups is 1. The van der Waals surface area contributed by atoms with Crippen LogP contribution in [0.1, 0.15) is 38.2 Å². The fraction of sp³-hybridized carbons (Fsp3) is 0.333. The van der Waals surface area contributed by atoms with Gasteiger partial charge in [-0.05, 0) is 48.2 Å². The zero-order valence-electron chi connectivity index (χ0n) is 16.5. The Balaban J connectivity index is 1.61. The SMILES string of the molecule is CC(C)c1cccc(OCC(=O)Nc2cccc(S(=O)(=O)NC3=NCCC3)c2)c1. The highest BCUT2D eigenvalue weighted by atomic mass is 32.2. The van der Waals surface area contributed by atoms with Gasteiger partial charge in [-0.25, -0.2) is 8.42 Å². The molecule has 0 aromatic heterocycles. The number of amides is 1. The summed E-state index contributed by atoms with van der Waals surface area (Å²) >= 11 is 0. The van der Waals surface area contributed by atoms with E-state index in [-0.39, 0.29) is 17.4 Å². The van der Waals surface area contributed by atoms with E-state index in [9.17, 15) is 13.2 Å². The maximum atomic E-state index is 12.5. The van der Waals surface area contributed by atoms with Gasteiger partial charge in [0.05, 0.1) is 4.90 Å². The van der Waals surface area contributed by atoms with Gasteiger partial charge in [0.1, 0.15) is 11.6 Å². The van der Waals surface area contributed by atoms with Gasteiger partial charge in [-0.3, -0.25) is 14.5 Å². The molecule has 2 N–H and O–H groups in total. The van der Waals surface area contributed by atoms with Gasteiger partial charge in [-0.15, -0.1) is 0 Å². The summed E-state index contributed by atoms with van der Waals surface area (Å²) in [5.41, 5.74) is 1.51. The summed E-state index contributed by atoms with van der Waals surface area (Å²) in [5, 5.41) is 2.67. The van der Waals surface area contributed by atoms with Crippen LogP contribution in [-0.2, 0) is 14.8 Å². The monoisotopic (exact) mass is 415 g/mol. The summed E-state index contributed by atoms with van der Waals surface area (Å²) in [7, 11) is -3.73. The van der Waals surface area contributed by atoms with Crippen molar-refractivity contribution in [1.29, 1.82) is 0 Å². The van der Waals surface area contributed by atoms with Crippen LogP contribution in [0.4, 0.5) is 5.69 Å². The highest BCUT2D eigenvalue weighted by Gasteiger charge is 2.18. The van der Waals surface area contributed by atoms with Crippen LogP contribution in [0.25, 0.3) is 0 Å². The number of hydrogen-bond acceptors (Lipinski definition) is 5. The fourth-order valence-corrected chi connectivity index (χ4v) is 4.02. The number of sulfonamides is 1. The molecule has 0 atom stereocenters. The van der Waals surface area contributed by atoms with Gasteiger partial charge in [0.2, 0.25) is 0 Å². The second kappa shape index (κ2) is 9.09. The summed E-state index contributed by atoms with van der Waals surface area (Å²) in [6, 6.07) is 13.7.